The van der Waals surface area contributed by atoms with Crippen LogP contribution in [0.1, 0.15) is 0 Å². The predicted octanol–water partition coefficient (Wildman–Crippen LogP) is 5.51. The van der Waals surface area contributed by atoms with Crippen LogP contribution in [0, 0.1) is 0 Å². The third kappa shape index (κ3) is 3.68. The highest BCUT2D eigenvalue weighted by Crippen LogP contribution is 2.36. The lowest BCUT2D eigenvalue weighted by Crippen LogP contribution is -2.10. The smallest absolute Gasteiger partial charge is 0.283 e. The lowest BCUT2D eigenvalue weighted by atomic mass is 10.1. The maximum absolute atomic E-state index is 12.1. The highest BCUT2D eigenvalue weighted by molar-refractivity contribution is 9.10. The van der Waals surface area contributed by atoms with Gasteiger partial charge < -0.3 is 15.4 Å². The Hall–Kier alpha value is -3.19. The van der Waals surface area contributed by atoms with Crippen LogP contribution in [0.25, 0.3) is 21.7 Å². The molecule has 0 aliphatic rings. The number of hydrogen-bond donors (Lipinski definition) is 3. The number of hydrogen-bond acceptors (Lipinski definition) is 4. The lowest BCUT2D eigenvalue weighted by Gasteiger charge is -2.05. The molecule has 27 heavy (non-hydrogen) atoms. The Morgan fingerprint density at radius 1 is 1.07 bits per heavy atom. The molecule has 1 aromatic heterocycles. The van der Waals surface area contributed by atoms with E-state index in [0.29, 0.717) is 10.9 Å². The summed E-state index contributed by atoms with van der Waals surface area (Å²) in [5.41, 5.74) is 1.79. The Bertz CT molecular complexity index is 1180. The number of amides is 1. The molecule has 134 valence electrons. The van der Waals surface area contributed by atoms with E-state index in [9.17, 15) is 9.90 Å². The summed E-state index contributed by atoms with van der Waals surface area (Å²) in [6.45, 7) is 0.00858. The zero-order valence-electron chi connectivity index (χ0n) is 14.1. The molecule has 1 heterocycles. The van der Waals surface area contributed by atoms with Crippen LogP contribution in [0.15, 0.2) is 75.4 Å². The maximum Gasteiger partial charge on any atom is 0.283 e. The number of carbonyl (C=O) groups is 1. The van der Waals surface area contributed by atoms with E-state index in [1.165, 1.54) is 0 Å². The third-order valence-electron chi connectivity index (χ3n) is 4.17. The Balaban J connectivity index is 1.47. The van der Waals surface area contributed by atoms with Crippen molar-refractivity contribution in [2.45, 2.75) is 0 Å². The first-order valence-corrected chi connectivity index (χ1v) is 9.07. The highest BCUT2D eigenvalue weighted by Gasteiger charge is 2.11. The molecule has 0 fully saturated rings. The van der Waals surface area contributed by atoms with Gasteiger partial charge >= 0.3 is 0 Å². The number of azo groups is 1. The standard InChI is InChI=1S/C20H15BrN4O2/c21-14-6-8-17-16(10-14)19(20(27)23-17)25-24-18(26)11-22-15-7-5-12-3-1-2-4-13(12)9-15/h1-10,22-23,27H,11H2. The fourth-order valence-electron chi connectivity index (χ4n) is 2.86. The van der Waals surface area contributed by atoms with Crippen LogP contribution in [0.2, 0.25) is 0 Å². The molecule has 3 N–H and O–H groups in total. The first kappa shape index (κ1) is 17.2. The van der Waals surface area contributed by atoms with Crippen LogP contribution in [0.5, 0.6) is 5.88 Å². The number of aromatic hydroxyl groups is 1. The number of rotatable bonds is 4. The Morgan fingerprint density at radius 3 is 2.74 bits per heavy atom. The van der Waals surface area contributed by atoms with Gasteiger partial charge in [-0.1, -0.05) is 46.3 Å². The lowest BCUT2D eigenvalue weighted by molar-refractivity contribution is -0.116. The minimum absolute atomic E-state index is 0.00858. The number of benzene rings is 3. The zero-order valence-corrected chi connectivity index (χ0v) is 15.7. The molecule has 0 bridgehead atoms. The number of aromatic nitrogens is 1. The molecule has 1 amide bonds. The maximum atomic E-state index is 12.1. The summed E-state index contributed by atoms with van der Waals surface area (Å²) in [6.07, 6.45) is 0. The summed E-state index contributed by atoms with van der Waals surface area (Å²) >= 11 is 3.38. The van der Waals surface area contributed by atoms with Crippen LogP contribution in [0.4, 0.5) is 11.4 Å². The predicted molar refractivity (Wildman–Crippen MR) is 110 cm³/mol. The van der Waals surface area contributed by atoms with Crippen LogP contribution in [-0.2, 0) is 4.79 Å². The summed E-state index contributed by atoms with van der Waals surface area (Å²) in [7, 11) is 0. The molecule has 0 aliphatic carbocycles. The largest absolute Gasteiger partial charge is 0.493 e. The average molecular weight is 423 g/mol. The quantitative estimate of drug-likeness (QED) is 0.378. The summed E-state index contributed by atoms with van der Waals surface area (Å²) in [6, 6.07) is 19.3. The average Bonchev–Trinajstić information content (AvgIpc) is 2.99. The highest BCUT2D eigenvalue weighted by atomic mass is 79.9. The number of nitrogens with zero attached hydrogens (tertiary/aromatic N) is 2. The summed E-state index contributed by atoms with van der Waals surface area (Å²) in [5.74, 6) is -0.561. The number of nitrogens with one attached hydrogen (secondary N) is 2. The van der Waals surface area contributed by atoms with E-state index in [2.05, 4.69) is 36.5 Å². The van der Waals surface area contributed by atoms with Gasteiger partial charge in [0.2, 0.25) is 5.88 Å². The van der Waals surface area contributed by atoms with Crippen LogP contribution < -0.4 is 5.32 Å². The number of H-pyrrole nitrogens is 1. The van der Waals surface area contributed by atoms with E-state index >= 15 is 0 Å². The van der Waals surface area contributed by atoms with E-state index in [-0.39, 0.29) is 18.1 Å². The molecule has 0 atom stereocenters. The van der Waals surface area contributed by atoms with E-state index in [0.717, 1.165) is 20.9 Å². The van der Waals surface area contributed by atoms with Gasteiger partial charge in [0.25, 0.3) is 5.91 Å². The van der Waals surface area contributed by atoms with Crippen molar-refractivity contribution in [3.05, 3.63) is 65.1 Å². The van der Waals surface area contributed by atoms with Crippen LogP contribution in [0.3, 0.4) is 0 Å². The SMILES string of the molecule is O=C(CNc1ccc2ccccc2c1)N=Nc1c(O)[nH]c2ccc(Br)cc12. The van der Waals surface area contributed by atoms with Gasteiger partial charge in [-0.3, -0.25) is 4.79 Å². The van der Waals surface area contributed by atoms with Crippen molar-refractivity contribution < 1.29 is 9.90 Å². The second-order valence-corrected chi connectivity index (χ2v) is 6.94. The fraction of sp³-hybridized carbons (Fsp3) is 0.0500. The summed E-state index contributed by atoms with van der Waals surface area (Å²) in [4.78, 5) is 14.9. The topological polar surface area (TPSA) is 89.8 Å². The molecule has 6 nitrogen and oxygen atoms in total. The molecule has 0 aliphatic heterocycles. The number of aromatic amines is 1. The summed E-state index contributed by atoms with van der Waals surface area (Å²) in [5, 5.41) is 23.6. The van der Waals surface area contributed by atoms with Gasteiger partial charge in [-0.05, 0) is 41.1 Å². The number of halogens is 1. The molecule has 0 unspecified atom stereocenters. The van der Waals surface area contributed by atoms with Gasteiger partial charge in [-0.25, -0.2) is 0 Å². The zero-order chi connectivity index (χ0) is 18.8. The van der Waals surface area contributed by atoms with Gasteiger partial charge in [-0.15, -0.1) is 10.2 Å². The second kappa shape index (κ2) is 7.20. The number of anilines is 1. The molecule has 3 aromatic carbocycles. The van der Waals surface area contributed by atoms with Crippen molar-refractivity contribution in [1.82, 2.24) is 4.98 Å². The Morgan fingerprint density at radius 2 is 1.89 bits per heavy atom. The molecule has 0 radical (unpaired) electrons. The van der Waals surface area contributed by atoms with Crippen molar-refractivity contribution in [2.75, 3.05) is 11.9 Å². The minimum atomic E-state index is -0.438. The van der Waals surface area contributed by atoms with Crippen molar-refractivity contribution in [3.8, 4) is 5.88 Å². The molecule has 4 aromatic rings. The van der Waals surface area contributed by atoms with Gasteiger partial charge in [0, 0.05) is 15.5 Å². The molecule has 0 saturated carbocycles. The monoisotopic (exact) mass is 422 g/mol. The van der Waals surface area contributed by atoms with Crippen LogP contribution >= 0.6 is 15.9 Å². The summed E-state index contributed by atoms with van der Waals surface area (Å²) < 4.78 is 0.842. The normalized spacial score (nSPS) is 11.4. The van der Waals surface area contributed by atoms with Crippen molar-refractivity contribution >= 4 is 54.9 Å². The molecular weight excluding hydrogens is 408 g/mol. The van der Waals surface area contributed by atoms with E-state index in [4.69, 9.17) is 0 Å². The minimum Gasteiger partial charge on any atom is -0.493 e. The molecule has 0 saturated heterocycles. The fourth-order valence-corrected chi connectivity index (χ4v) is 3.22. The van der Waals surface area contributed by atoms with Gasteiger partial charge in [0.1, 0.15) is 0 Å². The van der Waals surface area contributed by atoms with Crippen LogP contribution in [-0.4, -0.2) is 22.5 Å². The van der Waals surface area contributed by atoms with Gasteiger partial charge in [0.15, 0.2) is 5.69 Å². The first-order valence-electron chi connectivity index (χ1n) is 8.27. The second-order valence-electron chi connectivity index (χ2n) is 6.02. The number of carbonyl (C=O) groups excluding carboxylic acids is 1. The van der Waals surface area contributed by atoms with Gasteiger partial charge in [0.05, 0.1) is 12.1 Å². The Kier molecular flexibility index (Phi) is 4.60. The third-order valence-corrected chi connectivity index (χ3v) is 4.66. The molecule has 7 heteroatoms. The molecular formula is C20H15BrN4O2. The van der Waals surface area contributed by atoms with Crippen molar-refractivity contribution in [3.63, 3.8) is 0 Å². The van der Waals surface area contributed by atoms with Crippen molar-refractivity contribution in [1.29, 1.82) is 0 Å². The first-order chi connectivity index (χ1) is 13.1. The van der Waals surface area contributed by atoms with E-state index in [1.54, 1.807) is 12.1 Å². The molecule has 0 spiro atoms. The van der Waals surface area contributed by atoms with E-state index < -0.39 is 5.91 Å². The van der Waals surface area contributed by atoms with E-state index in [1.807, 2.05) is 48.5 Å². The Labute approximate surface area is 163 Å². The number of fused-ring (bicyclic) bond motifs is 2. The van der Waals surface area contributed by atoms with Gasteiger partial charge in [-0.2, -0.15) is 0 Å². The molecule has 4 rings (SSSR count). The van der Waals surface area contributed by atoms with Crippen molar-refractivity contribution in [2.24, 2.45) is 10.2 Å².